The van der Waals surface area contributed by atoms with Gasteiger partial charge in [0.1, 0.15) is 21.4 Å². The highest BCUT2D eigenvalue weighted by atomic mass is 16.5. The van der Waals surface area contributed by atoms with E-state index in [0.29, 0.717) is 34.4 Å². The van der Waals surface area contributed by atoms with Crippen LogP contribution in [0, 0.1) is 6.85 Å². The van der Waals surface area contributed by atoms with Gasteiger partial charge in [0.05, 0.1) is 23.3 Å². The molecule has 0 bridgehead atoms. The number of hydrogen-bond acceptors (Lipinski definition) is 3. The molecular formula is C31H23N5O+2. The van der Waals surface area contributed by atoms with Crippen LogP contribution in [0.5, 0.6) is 11.5 Å². The van der Waals surface area contributed by atoms with Crippen molar-refractivity contribution in [1.29, 1.82) is 0 Å². The van der Waals surface area contributed by atoms with E-state index in [9.17, 15) is 0 Å². The lowest BCUT2D eigenvalue weighted by Gasteiger charge is -2.09. The fraction of sp³-hybridized carbons (Fsp3) is 0.0645. The standard InChI is InChI=1S/C31H23N5O/c1-21-12-15-33-31(16-21)36-29-18-24(10-11-25(29)26-13-14-32-19-30(26)36)37-23-7-5-6-22(17-23)35-20-34(2)27-8-3-4-9-28(27)35/h3-19H,1-2H3/q+2/i1D3,2D3. The number of para-hydroxylation sites is 2. The maximum atomic E-state index is 7.94. The average Bonchev–Trinajstić information content (AvgIpc) is 3.53. The summed E-state index contributed by atoms with van der Waals surface area (Å²) < 4.78 is 58.5. The summed E-state index contributed by atoms with van der Waals surface area (Å²) in [6.07, 6.45) is 4.94. The van der Waals surface area contributed by atoms with Gasteiger partial charge in [-0.05, 0) is 53.4 Å². The van der Waals surface area contributed by atoms with Crippen LogP contribution in [0.3, 0.4) is 0 Å². The van der Waals surface area contributed by atoms with E-state index in [1.54, 1.807) is 35.2 Å². The van der Waals surface area contributed by atoms with Gasteiger partial charge in [-0.1, -0.05) is 22.8 Å². The molecule has 1 aliphatic rings. The first-order valence-corrected chi connectivity index (χ1v) is 11.7. The zero-order valence-electron chi connectivity index (χ0n) is 25.5. The molecule has 0 spiro atoms. The predicted octanol–water partition coefficient (Wildman–Crippen LogP) is 6.97. The first kappa shape index (κ1) is 15.8. The summed E-state index contributed by atoms with van der Waals surface area (Å²) >= 11 is 0. The number of benzene rings is 3. The number of hydrogen-bond donors (Lipinski definition) is 0. The topological polar surface area (TPSA) is 46.0 Å². The Balaban J connectivity index is 1.32. The quantitative estimate of drug-likeness (QED) is 0.252. The minimum absolute atomic E-state index is 0.190. The molecule has 4 heterocycles. The fourth-order valence-electron chi connectivity index (χ4n) is 4.77. The predicted molar refractivity (Wildman–Crippen MR) is 146 cm³/mol. The molecule has 7 rings (SSSR count). The number of fused-ring (bicyclic) bond motifs is 4. The van der Waals surface area contributed by atoms with Gasteiger partial charge in [-0.2, -0.15) is 0 Å². The maximum absolute atomic E-state index is 7.94. The molecule has 0 aliphatic carbocycles. The third-order valence-corrected chi connectivity index (χ3v) is 6.39. The van der Waals surface area contributed by atoms with Gasteiger partial charge in [0.15, 0.2) is 6.98 Å². The van der Waals surface area contributed by atoms with Crippen molar-refractivity contribution >= 4 is 44.9 Å². The molecule has 0 unspecified atom stereocenters. The molecule has 1 aliphatic heterocycles. The molecule has 3 aromatic carbocycles. The van der Waals surface area contributed by atoms with Gasteiger partial charge in [-0.15, -0.1) is 0 Å². The van der Waals surface area contributed by atoms with Crippen molar-refractivity contribution in [3.8, 4) is 17.3 Å². The van der Waals surface area contributed by atoms with E-state index in [1.807, 2.05) is 65.2 Å². The molecular weight excluding hydrogens is 458 g/mol. The molecule has 3 aromatic heterocycles. The Bertz CT molecular complexity index is 2140. The molecule has 6 aromatic rings. The molecule has 6 nitrogen and oxygen atoms in total. The van der Waals surface area contributed by atoms with Crippen LogP contribution in [0.25, 0.3) is 27.6 Å². The third kappa shape index (κ3) is 3.51. The highest BCUT2D eigenvalue weighted by molar-refractivity contribution is 6.09. The SMILES string of the molecule is [2H]C([2H])([2H])c1ccnc(-n2c3cnccc3c3ccc(Oc4cccc([N+]5=C=[N+](C([2H])([2H])[2H])c6ccccc65)c4)cc32)c1. The molecule has 0 radical (unpaired) electrons. The van der Waals surface area contributed by atoms with Crippen LogP contribution in [0.1, 0.15) is 13.8 Å². The summed E-state index contributed by atoms with van der Waals surface area (Å²) in [6.45, 7) is -4.67. The van der Waals surface area contributed by atoms with Gasteiger partial charge in [-0.3, -0.25) is 9.55 Å². The van der Waals surface area contributed by atoms with Crippen molar-refractivity contribution in [3.63, 3.8) is 0 Å². The first-order chi connectivity index (χ1) is 20.6. The van der Waals surface area contributed by atoms with E-state index < -0.39 is 13.8 Å². The van der Waals surface area contributed by atoms with Crippen LogP contribution >= 0.6 is 0 Å². The lowest BCUT2D eigenvalue weighted by Crippen LogP contribution is -1.99. The molecule has 0 N–H and O–H groups in total. The van der Waals surface area contributed by atoms with Crippen LogP contribution < -0.4 is 9.31 Å². The van der Waals surface area contributed by atoms with Crippen LogP contribution in [0.4, 0.5) is 17.1 Å². The molecule has 0 fully saturated rings. The van der Waals surface area contributed by atoms with Crippen LogP contribution in [0.15, 0.2) is 104 Å². The minimum Gasteiger partial charge on any atom is -0.457 e. The number of aromatic nitrogens is 3. The maximum Gasteiger partial charge on any atom is 0.496 e. The van der Waals surface area contributed by atoms with E-state index in [1.165, 1.54) is 12.3 Å². The Labute approximate surface area is 222 Å². The lowest BCUT2D eigenvalue weighted by molar-refractivity contribution is -0.394. The van der Waals surface area contributed by atoms with E-state index >= 15 is 0 Å². The molecule has 6 heteroatoms. The van der Waals surface area contributed by atoms with Crippen molar-refractivity contribution in [2.45, 2.75) is 6.85 Å². The summed E-state index contributed by atoms with van der Waals surface area (Å²) in [5.74, 6) is 1.54. The van der Waals surface area contributed by atoms with Gasteiger partial charge in [0, 0.05) is 51.5 Å². The van der Waals surface area contributed by atoms with Crippen molar-refractivity contribution in [2.75, 3.05) is 6.98 Å². The van der Waals surface area contributed by atoms with Crippen LogP contribution in [-0.2, 0) is 0 Å². The highest BCUT2D eigenvalue weighted by Crippen LogP contribution is 2.36. The van der Waals surface area contributed by atoms with Crippen molar-refractivity contribution in [2.24, 2.45) is 0 Å². The Morgan fingerprint density at radius 1 is 0.838 bits per heavy atom. The molecule has 176 valence electrons. The van der Waals surface area contributed by atoms with E-state index in [2.05, 4.69) is 16.0 Å². The Morgan fingerprint density at radius 2 is 1.73 bits per heavy atom. The zero-order chi connectivity index (χ0) is 29.9. The third-order valence-electron chi connectivity index (χ3n) is 6.39. The lowest BCUT2D eigenvalue weighted by atomic mass is 10.2. The number of nitrogens with zero attached hydrogens (tertiary/aromatic N) is 5. The van der Waals surface area contributed by atoms with E-state index in [4.69, 9.17) is 13.0 Å². The molecule has 0 atom stereocenters. The molecule has 0 saturated heterocycles. The Kier molecular flexibility index (Phi) is 3.54. The van der Waals surface area contributed by atoms with Crippen LogP contribution in [-0.4, -0.2) is 32.1 Å². The van der Waals surface area contributed by atoms with Crippen LogP contribution in [0.2, 0.25) is 0 Å². The zero-order valence-corrected chi connectivity index (χ0v) is 19.5. The van der Waals surface area contributed by atoms with Gasteiger partial charge in [0.25, 0.3) is 11.4 Å². The second-order valence-corrected chi connectivity index (χ2v) is 8.67. The minimum atomic E-state index is -2.39. The number of rotatable bonds is 4. The van der Waals surface area contributed by atoms with Crippen molar-refractivity contribution < 1.29 is 17.5 Å². The number of aryl methyl sites for hydroxylation is 1. The fourth-order valence-corrected chi connectivity index (χ4v) is 4.77. The largest absolute Gasteiger partial charge is 0.496 e. The monoisotopic (exact) mass is 487 g/mol. The van der Waals surface area contributed by atoms with Gasteiger partial charge in [-0.25, -0.2) is 4.98 Å². The van der Waals surface area contributed by atoms with Crippen molar-refractivity contribution in [3.05, 3.63) is 109 Å². The molecule has 37 heavy (non-hydrogen) atoms. The summed E-state index contributed by atoms with van der Waals surface area (Å²) in [4.78, 5) is 8.79. The summed E-state index contributed by atoms with van der Waals surface area (Å²) in [5.41, 5.74) is 3.66. The average molecular weight is 488 g/mol. The summed E-state index contributed by atoms with van der Waals surface area (Å²) in [5, 5.41) is 1.87. The highest BCUT2D eigenvalue weighted by Gasteiger charge is 2.32. The number of ether oxygens (including phenoxy) is 1. The van der Waals surface area contributed by atoms with Gasteiger partial charge >= 0.3 is 6.01 Å². The first-order valence-electron chi connectivity index (χ1n) is 14.7. The van der Waals surface area contributed by atoms with Gasteiger partial charge < -0.3 is 4.74 Å². The van der Waals surface area contributed by atoms with Crippen molar-refractivity contribution in [1.82, 2.24) is 19.1 Å². The molecule has 0 saturated carbocycles. The molecule has 0 amide bonds. The van der Waals surface area contributed by atoms with E-state index in [-0.39, 0.29) is 5.56 Å². The summed E-state index contributed by atoms with van der Waals surface area (Å²) in [6, 6.07) is 28.2. The van der Waals surface area contributed by atoms with Gasteiger partial charge in [0.2, 0.25) is 5.69 Å². The second-order valence-electron chi connectivity index (χ2n) is 8.67. The Morgan fingerprint density at radius 3 is 2.65 bits per heavy atom. The second kappa shape index (κ2) is 8.26. The normalized spacial score (nSPS) is 15.6. The number of pyridine rings is 2. The smallest absolute Gasteiger partial charge is 0.457 e. The summed E-state index contributed by atoms with van der Waals surface area (Å²) in [7, 11) is 0. The van der Waals surface area contributed by atoms with E-state index in [0.717, 1.165) is 26.4 Å². The Hall–Kier alpha value is -5.06.